The summed E-state index contributed by atoms with van der Waals surface area (Å²) in [5.74, 6) is 0.131. The van der Waals surface area contributed by atoms with E-state index in [0.717, 1.165) is 5.56 Å². The molecule has 1 aromatic carbocycles. The number of aryl methyl sites for hydroxylation is 2. The van der Waals surface area contributed by atoms with Gasteiger partial charge in [0.1, 0.15) is 4.90 Å². The van der Waals surface area contributed by atoms with Gasteiger partial charge in [0.2, 0.25) is 5.88 Å². The topological polar surface area (TPSA) is 72.2 Å². The standard InChI is InChI=1S/C12H12Br2N2O3S/c1-6-4-10(14)11(5-9(6)13)20(17,18)16-12-7(2)8(3)15-19-12/h4-5,16H,1-3H3. The Hall–Kier alpha value is -0.860. The highest BCUT2D eigenvalue weighted by Gasteiger charge is 2.22. The average molecular weight is 424 g/mol. The van der Waals surface area contributed by atoms with Crippen molar-refractivity contribution in [2.45, 2.75) is 25.7 Å². The zero-order valence-electron chi connectivity index (χ0n) is 11.0. The molecule has 1 aromatic heterocycles. The van der Waals surface area contributed by atoms with Crippen LogP contribution in [0.15, 0.2) is 30.5 Å². The third kappa shape index (κ3) is 2.91. The largest absolute Gasteiger partial charge is 0.337 e. The van der Waals surface area contributed by atoms with Crippen LogP contribution in [0.4, 0.5) is 5.88 Å². The Labute approximate surface area is 134 Å². The van der Waals surface area contributed by atoms with Gasteiger partial charge in [-0.1, -0.05) is 21.1 Å². The van der Waals surface area contributed by atoms with Crippen LogP contribution in [0, 0.1) is 20.8 Å². The maximum atomic E-state index is 12.4. The smallest absolute Gasteiger partial charge is 0.265 e. The van der Waals surface area contributed by atoms with Gasteiger partial charge in [-0.3, -0.25) is 0 Å². The van der Waals surface area contributed by atoms with Gasteiger partial charge in [-0.15, -0.1) is 0 Å². The highest BCUT2D eigenvalue weighted by atomic mass is 79.9. The first-order chi connectivity index (χ1) is 9.22. The van der Waals surface area contributed by atoms with Crippen LogP contribution < -0.4 is 4.72 Å². The third-order valence-corrected chi connectivity index (χ3v) is 6.03. The summed E-state index contributed by atoms with van der Waals surface area (Å²) in [5.41, 5.74) is 2.24. The van der Waals surface area contributed by atoms with Gasteiger partial charge in [0.05, 0.1) is 5.69 Å². The number of hydrogen-bond donors (Lipinski definition) is 1. The van der Waals surface area contributed by atoms with Gasteiger partial charge in [0.15, 0.2) is 0 Å². The first-order valence-corrected chi connectivity index (χ1v) is 8.70. The van der Waals surface area contributed by atoms with E-state index >= 15 is 0 Å². The molecule has 0 amide bonds. The maximum Gasteiger partial charge on any atom is 0.265 e. The molecule has 1 N–H and O–H groups in total. The molecule has 20 heavy (non-hydrogen) atoms. The van der Waals surface area contributed by atoms with Crippen molar-refractivity contribution >= 4 is 47.8 Å². The lowest BCUT2D eigenvalue weighted by Gasteiger charge is -2.09. The van der Waals surface area contributed by atoms with Crippen molar-refractivity contribution in [3.8, 4) is 0 Å². The van der Waals surface area contributed by atoms with Gasteiger partial charge in [-0.2, -0.15) is 0 Å². The highest BCUT2D eigenvalue weighted by Crippen LogP contribution is 2.30. The number of rotatable bonds is 3. The summed E-state index contributed by atoms with van der Waals surface area (Å²) in [6.07, 6.45) is 0. The lowest BCUT2D eigenvalue weighted by atomic mass is 10.2. The molecule has 0 bridgehead atoms. The first-order valence-electron chi connectivity index (χ1n) is 5.63. The summed E-state index contributed by atoms with van der Waals surface area (Å²) in [6.45, 7) is 5.36. The predicted molar refractivity (Wildman–Crippen MR) is 83.4 cm³/mol. The van der Waals surface area contributed by atoms with Crippen molar-refractivity contribution in [3.63, 3.8) is 0 Å². The second-order valence-electron chi connectivity index (χ2n) is 4.36. The fourth-order valence-corrected chi connectivity index (χ4v) is 4.25. The van der Waals surface area contributed by atoms with E-state index in [4.69, 9.17) is 4.52 Å². The van der Waals surface area contributed by atoms with Gasteiger partial charge in [0.25, 0.3) is 10.0 Å². The molecule has 0 aliphatic rings. The van der Waals surface area contributed by atoms with E-state index in [1.165, 1.54) is 0 Å². The summed E-state index contributed by atoms with van der Waals surface area (Å²) in [5, 5.41) is 3.73. The van der Waals surface area contributed by atoms with Crippen molar-refractivity contribution in [2.24, 2.45) is 0 Å². The Kier molecular flexibility index (Phi) is 4.27. The third-order valence-electron chi connectivity index (χ3n) is 2.89. The number of aromatic nitrogens is 1. The Morgan fingerprint density at radius 2 is 1.80 bits per heavy atom. The number of nitrogens with one attached hydrogen (secondary N) is 1. The number of nitrogens with zero attached hydrogens (tertiary/aromatic N) is 1. The molecule has 0 aliphatic heterocycles. The fourth-order valence-electron chi connectivity index (χ4n) is 1.52. The van der Waals surface area contributed by atoms with Gasteiger partial charge in [0, 0.05) is 14.5 Å². The van der Waals surface area contributed by atoms with E-state index in [1.54, 1.807) is 26.0 Å². The summed E-state index contributed by atoms with van der Waals surface area (Å²) in [6, 6.07) is 3.28. The Bertz CT molecular complexity index is 769. The molecule has 0 fully saturated rings. The van der Waals surface area contributed by atoms with E-state index in [-0.39, 0.29) is 10.8 Å². The molecule has 2 rings (SSSR count). The fraction of sp³-hybridized carbons (Fsp3) is 0.250. The zero-order valence-corrected chi connectivity index (χ0v) is 15.0. The maximum absolute atomic E-state index is 12.4. The lowest BCUT2D eigenvalue weighted by Crippen LogP contribution is -2.14. The van der Waals surface area contributed by atoms with Crippen molar-refractivity contribution in [1.29, 1.82) is 0 Å². The van der Waals surface area contributed by atoms with Gasteiger partial charge >= 0.3 is 0 Å². The van der Waals surface area contributed by atoms with Crippen LogP contribution in [0.2, 0.25) is 0 Å². The Morgan fingerprint density at radius 3 is 2.35 bits per heavy atom. The minimum atomic E-state index is -3.75. The molecule has 0 radical (unpaired) electrons. The first kappa shape index (κ1) is 15.5. The molecule has 0 spiro atoms. The normalized spacial score (nSPS) is 11.7. The molecule has 108 valence electrons. The van der Waals surface area contributed by atoms with E-state index in [1.807, 2.05) is 6.92 Å². The number of sulfonamides is 1. The van der Waals surface area contributed by atoms with E-state index in [2.05, 4.69) is 41.7 Å². The van der Waals surface area contributed by atoms with E-state index in [9.17, 15) is 8.42 Å². The number of benzene rings is 1. The molecule has 0 saturated heterocycles. The van der Waals surface area contributed by atoms with Crippen LogP contribution in [0.1, 0.15) is 16.8 Å². The molecule has 8 heteroatoms. The van der Waals surface area contributed by atoms with Gasteiger partial charge < -0.3 is 4.52 Å². The van der Waals surface area contributed by atoms with Crippen LogP contribution in [-0.2, 0) is 10.0 Å². The Balaban J connectivity index is 2.46. The van der Waals surface area contributed by atoms with Gasteiger partial charge in [-0.05, 0) is 54.4 Å². The molecule has 0 saturated carbocycles. The summed E-state index contributed by atoms with van der Waals surface area (Å²) < 4.78 is 33.4. The Morgan fingerprint density at radius 1 is 1.15 bits per heavy atom. The molecule has 1 heterocycles. The van der Waals surface area contributed by atoms with Crippen LogP contribution >= 0.6 is 31.9 Å². The molecule has 0 unspecified atom stereocenters. The second kappa shape index (κ2) is 5.50. The van der Waals surface area contributed by atoms with Crippen molar-refractivity contribution in [3.05, 3.63) is 37.9 Å². The summed E-state index contributed by atoms with van der Waals surface area (Å²) in [7, 11) is -3.75. The van der Waals surface area contributed by atoms with Crippen molar-refractivity contribution < 1.29 is 12.9 Å². The lowest BCUT2D eigenvalue weighted by molar-refractivity contribution is 0.430. The van der Waals surface area contributed by atoms with Crippen molar-refractivity contribution in [2.75, 3.05) is 4.72 Å². The monoisotopic (exact) mass is 422 g/mol. The summed E-state index contributed by atoms with van der Waals surface area (Å²) in [4.78, 5) is 0.128. The molecule has 0 atom stereocenters. The van der Waals surface area contributed by atoms with E-state index < -0.39 is 10.0 Å². The minimum absolute atomic E-state index is 0.128. The predicted octanol–water partition coefficient (Wildman–Crippen LogP) is 3.93. The van der Waals surface area contributed by atoms with Crippen LogP contribution in [0.25, 0.3) is 0 Å². The number of hydrogen-bond acceptors (Lipinski definition) is 4. The highest BCUT2D eigenvalue weighted by molar-refractivity contribution is 9.11. The minimum Gasteiger partial charge on any atom is -0.337 e. The molecular weight excluding hydrogens is 412 g/mol. The molecule has 2 aromatic rings. The molecular formula is C12H12Br2N2O3S. The summed E-state index contributed by atoms with van der Waals surface area (Å²) >= 11 is 6.60. The van der Waals surface area contributed by atoms with Gasteiger partial charge in [-0.25, -0.2) is 13.1 Å². The van der Waals surface area contributed by atoms with Crippen LogP contribution in [0.5, 0.6) is 0 Å². The quantitative estimate of drug-likeness (QED) is 0.811. The SMILES string of the molecule is Cc1cc(Br)c(S(=O)(=O)Nc2onc(C)c2C)cc1Br. The average Bonchev–Trinajstić information content (AvgIpc) is 2.65. The molecule has 5 nitrogen and oxygen atoms in total. The van der Waals surface area contributed by atoms with E-state index in [0.29, 0.717) is 20.2 Å². The van der Waals surface area contributed by atoms with Crippen LogP contribution in [0.3, 0.4) is 0 Å². The van der Waals surface area contributed by atoms with Crippen LogP contribution in [-0.4, -0.2) is 13.6 Å². The zero-order chi connectivity index (χ0) is 15.1. The molecule has 0 aliphatic carbocycles. The second-order valence-corrected chi connectivity index (χ2v) is 7.72. The number of anilines is 1. The number of halogens is 2. The van der Waals surface area contributed by atoms with Crippen molar-refractivity contribution in [1.82, 2.24) is 5.16 Å².